The number of fused-ring (bicyclic) bond motifs is 6. The molecule has 2 aromatic heterocycles. The number of carbonyl (C=O) groups is 3. The van der Waals surface area contributed by atoms with E-state index < -0.39 is 34.1 Å². The number of anilines is 1. The number of aldehydes is 1. The van der Waals surface area contributed by atoms with Crippen LogP contribution in [-0.2, 0) is 37.4 Å². The van der Waals surface area contributed by atoms with Crippen molar-refractivity contribution in [1.29, 1.82) is 0 Å². The van der Waals surface area contributed by atoms with Gasteiger partial charge in [0.1, 0.15) is 23.4 Å². The van der Waals surface area contributed by atoms with Crippen molar-refractivity contribution in [3.8, 4) is 5.75 Å². The predicted molar refractivity (Wildman–Crippen MR) is 253 cm³/mol. The van der Waals surface area contributed by atoms with Crippen LogP contribution in [0.4, 0.5) is 5.82 Å². The molecule has 9 atom stereocenters. The van der Waals surface area contributed by atoms with Crippen LogP contribution in [0.1, 0.15) is 107 Å². The number of nitrogens with zero attached hydrogens (tertiary/aromatic N) is 2. The minimum absolute atomic E-state index is 0.00189. The van der Waals surface area contributed by atoms with Crippen molar-refractivity contribution in [1.82, 2.24) is 15.2 Å². The monoisotopic (exact) mass is 926 g/mol. The quantitative estimate of drug-likeness (QED) is 0.0439. The molecule has 1 spiro atoms. The van der Waals surface area contributed by atoms with Gasteiger partial charge in [0, 0.05) is 95.7 Å². The third-order valence-electron chi connectivity index (χ3n) is 16.2. The summed E-state index contributed by atoms with van der Waals surface area (Å²) in [7, 11) is 5.35. The molecule has 3 aliphatic heterocycles. The second-order valence-corrected chi connectivity index (χ2v) is 22.1. The molecule has 3 aromatic rings. The molecule has 1 aromatic carbocycles. The Hall–Kier alpha value is -4.15. The van der Waals surface area contributed by atoms with Crippen LogP contribution in [0.25, 0.3) is 11.0 Å². The third kappa shape index (κ3) is 7.74. The van der Waals surface area contributed by atoms with Crippen molar-refractivity contribution in [3.63, 3.8) is 0 Å². The lowest BCUT2D eigenvalue weighted by Gasteiger charge is -2.58. The van der Waals surface area contributed by atoms with Crippen LogP contribution in [0, 0.1) is 17.8 Å². The minimum atomic E-state index is -1.26. The first-order valence-corrected chi connectivity index (χ1v) is 25.7. The van der Waals surface area contributed by atoms with Gasteiger partial charge in [-0.1, -0.05) is 58.6 Å². The van der Waals surface area contributed by atoms with Gasteiger partial charge in [-0.2, -0.15) is 0 Å². The lowest BCUT2D eigenvalue weighted by atomic mass is 9.61. The number of nitrogen functional groups attached to an aromatic ring is 1. The topological polar surface area (TPSA) is 195 Å². The fourth-order valence-electron chi connectivity index (χ4n) is 12.6. The van der Waals surface area contributed by atoms with Crippen LogP contribution in [0.3, 0.4) is 0 Å². The van der Waals surface area contributed by atoms with Gasteiger partial charge in [0.05, 0.1) is 18.4 Å². The molecule has 1 saturated heterocycles. The summed E-state index contributed by atoms with van der Waals surface area (Å²) in [6.45, 7) is 5.93. The standard InChI is InChI=1S/C50H62N4O9S2/c1-5-28(2)46(59)63-48(3)14-11-29-27-64-65-40-18-33(25-56)44(52-4)36-24-54(45(36)40)42(58)19-32-23-53-41(51)20-35(32)43(29)50(48)22-31-16-30-17-37(47(60)61-38(30)21-39(31)62-50)49(12-7-6-8-13-49)34(26-57)10-9-15-55/h5,11,16-17,20-21,23,25,33-34,36,40,43-45,52,55,57H,6-10,12-15,18-19,22,24,26-27H2,1-4H3,(H2,51,53)/b28-5+/t33-,34+,36-,40-,43-,44-,45-,48-,50-/m1/s1. The van der Waals surface area contributed by atoms with Gasteiger partial charge in [-0.3, -0.25) is 4.79 Å². The number of nitrogens with two attached hydrogens (primary N) is 1. The number of esters is 1. The fourth-order valence-corrected chi connectivity index (χ4v) is 15.7. The number of hydrogen-bond acceptors (Lipinski definition) is 14. The summed E-state index contributed by atoms with van der Waals surface area (Å²) in [4.78, 5) is 61.7. The van der Waals surface area contributed by atoms with Crippen LogP contribution in [0.15, 0.2) is 63.0 Å². The second-order valence-electron chi connectivity index (χ2n) is 19.5. The summed E-state index contributed by atoms with van der Waals surface area (Å²) in [5, 5.41) is 24.7. The Kier molecular flexibility index (Phi) is 12.8. The molecule has 348 valence electrons. The summed E-state index contributed by atoms with van der Waals surface area (Å²) >= 11 is 0. The van der Waals surface area contributed by atoms with E-state index in [9.17, 15) is 29.4 Å². The highest BCUT2D eigenvalue weighted by molar-refractivity contribution is 8.77. The normalized spacial score (nSPS) is 31.2. The highest BCUT2D eigenvalue weighted by atomic mass is 33.1. The van der Waals surface area contributed by atoms with Gasteiger partial charge in [-0.05, 0) is 101 Å². The first kappa shape index (κ1) is 46.0. The zero-order valence-electron chi connectivity index (χ0n) is 37.8. The average molecular weight is 927 g/mol. The molecule has 13 nitrogen and oxygen atoms in total. The van der Waals surface area contributed by atoms with Crippen molar-refractivity contribution in [2.24, 2.45) is 17.8 Å². The van der Waals surface area contributed by atoms with Crippen LogP contribution in [-0.4, -0.2) is 99.4 Å². The van der Waals surface area contributed by atoms with Gasteiger partial charge in [-0.15, -0.1) is 0 Å². The van der Waals surface area contributed by atoms with Crippen molar-refractivity contribution in [2.75, 3.05) is 38.3 Å². The Balaban J connectivity index is 1.18. The average Bonchev–Trinajstić information content (AvgIpc) is 3.66. The van der Waals surface area contributed by atoms with Gasteiger partial charge < -0.3 is 44.8 Å². The number of nitrogens with one attached hydrogen (secondary N) is 1. The van der Waals surface area contributed by atoms with Crippen LogP contribution in [0.2, 0.25) is 0 Å². The molecule has 2 saturated carbocycles. The molecule has 1 amide bonds. The Bertz CT molecular complexity index is 2490. The summed E-state index contributed by atoms with van der Waals surface area (Å²) < 4.78 is 20.3. The van der Waals surface area contributed by atoms with E-state index >= 15 is 0 Å². The van der Waals surface area contributed by atoms with E-state index in [1.165, 1.54) is 0 Å². The number of hydrogen-bond donors (Lipinski definition) is 4. The lowest BCUT2D eigenvalue weighted by Crippen LogP contribution is -2.72. The highest BCUT2D eigenvalue weighted by Crippen LogP contribution is 2.59. The van der Waals surface area contributed by atoms with Crippen molar-refractivity contribution >= 4 is 56.5 Å². The molecule has 15 heteroatoms. The molecule has 65 heavy (non-hydrogen) atoms. The van der Waals surface area contributed by atoms with Crippen LogP contribution >= 0.6 is 21.6 Å². The van der Waals surface area contributed by atoms with E-state index in [1.807, 2.05) is 37.1 Å². The minimum Gasteiger partial charge on any atom is -0.481 e. The molecule has 0 bridgehead atoms. The zero-order chi connectivity index (χ0) is 45.8. The number of carbonyl (C=O) groups excluding carboxylic acids is 3. The lowest BCUT2D eigenvalue weighted by molar-refractivity contribution is -0.183. The van der Waals surface area contributed by atoms with Crippen LogP contribution in [0.5, 0.6) is 5.75 Å². The number of pyridine rings is 1. The number of aliphatic hydroxyl groups excluding tert-OH is 2. The number of aliphatic hydroxyl groups is 2. The molecule has 0 radical (unpaired) electrons. The van der Waals surface area contributed by atoms with Gasteiger partial charge in [0.2, 0.25) is 5.91 Å². The van der Waals surface area contributed by atoms with Gasteiger partial charge in [0.15, 0.2) is 11.2 Å². The molecule has 6 aliphatic rings. The number of allylic oxidation sites excluding steroid dienone is 1. The number of ether oxygens (including phenoxy) is 2. The molecule has 3 fully saturated rings. The summed E-state index contributed by atoms with van der Waals surface area (Å²) in [5.74, 6) is 0.118. The first-order chi connectivity index (χ1) is 31.3. The Morgan fingerprint density at radius 1 is 1.15 bits per heavy atom. The Morgan fingerprint density at radius 2 is 1.95 bits per heavy atom. The smallest absolute Gasteiger partial charge is 0.340 e. The molecular weight excluding hydrogens is 865 g/mol. The summed E-state index contributed by atoms with van der Waals surface area (Å²) in [6, 6.07) is 7.59. The number of rotatable bonds is 10. The Labute approximate surface area is 388 Å². The van der Waals surface area contributed by atoms with Crippen molar-refractivity contribution < 1.29 is 38.5 Å². The summed E-state index contributed by atoms with van der Waals surface area (Å²) in [6.07, 6.45) is 13.5. The number of aromatic nitrogens is 1. The highest BCUT2D eigenvalue weighted by Gasteiger charge is 2.64. The molecule has 9 rings (SSSR count). The SMILES string of the molecule is C/C=C(\C)C(=O)O[C@]1(C)CC=C2CSS[C@@H]3C[C@H](C=O)[C@@H](NC)[C@H]4CN(C(=O)Cc5cnc(N)cc5[C@@H]2[C@]12Cc1cc5cc(C6([C@H](CO)CCCO)CCCCC6)c(=O)oc5cc1O2)[C@H]43. The van der Waals surface area contributed by atoms with Crippen LogP contribution < -0.4 is 21.4 Å². The van der Waals surface area contributed by atoms with E-state index in [0.29, 0.717) is 72.4 Å². The van der Waals surface area contributed by atoms with Gasteiger partial charge >= 0.3 is 11.6 Å². The molecule has 5 heterocycles. The largest absolute Gasteiger partial charge is 0.481 e. The molecular formula is C50H62N4O9S2. The molecule has 5 N–H and O–H groups in total. The van der Waals surface area contributed by atoms with E-state index in [2.05, 4.69) is 16.4 Å². The Morgan fingerprint density at radius 3 is 2.68 bits per heavy atom. The van der Waals surface area contributed by atoms with Gasteiger partial charge in [-0.25, -0.2) is 14.6 Å². The maximum Gasteiger partial charge on any atom is 0.340 e. The fraction of sp³-hybridized carbons (Fsp3) is 0.580. The first-order valence-electron chi connectivity index (χ1n) is 23.4. The number of benzene rings is 1. The van der Waals surface area contributed by atoms with Crippen molar-refractivity contribution in [2.45, 2.75) is 131 Å². The predicted octanol–water partition coefficient (Wildman–Crippen LogP) is 6.35. The molecule has 0 unspecified atom stereocenters. The second kappa shape index (κ2) is 18.2. The van der Waals surface area contributed by atoms with Gasteiger partial charge in [0.25, 0.3) is 0 Å². The van der Waals surface area contributed by atoms with E-state index in [1.54, 1.807) is 53.8 Å². The third-order valence-corrected chi connectivity index (χ3v) is 19.0. The maximum absolute atomic E-state index is 14.6. The molecule has 3 aliphatic carbocycles. The summed E-state index contributed by atoms with van der Waals surface area (Å²) in [5.41, 5.74) is 7.77. The van der Waals surface area contributed by atoms with E-state index in [4.69, 9.17) is 19.6 Å². The van der Waals surface area contributed by atoms with E-state index in [-0.39, 0.29) is 66.4 Å². The zero-order valence-corrected chi connectivity index (χ0v) is 39.4. The maximum atomic E-state index is 14.6. The van der Waals surface area contributed by atoms with E-state index in [0.717, 1.165) is 60.5 Å². The van der Waals surface area contributed by atoms with Crippen molar-refractivity contribution in [3.05, 3.63) is 86.4 Å². The number of amides is 1.